The normalized spacial score (nSPS) is 10.7. The van der Waals surface area contributed by atoms with Gasteiger partial charge in [0.1, 0.15) is 17.1 Å². The average molecular weight is 385 g/mol. The van der Waals surface area contributed by atoms with Gasteiger partial charge in [0.05, 0.1) is 11.9 Å². The zero-order chi connectivity index (χ0) is 20.2. The van der Waals surface area contributed by atoms with Gasteiger partial charge >= 0.3 is 0 Å². The van der Waals surface area contributed by atoms with Crippen molar-refractivity contribution in [3.63, 3.8) is 0 Å². The summed E-state index contributed by atoms with van der Waals surface area (Å²) in [4.78, 5) is 29.4. The summed E-state index contributed by atoms with van der Waals surface area (Å²) < 4.78 is 0. The number of aromatic nitrogens is 6. The molecule has 0 aliphatic rings. The van der Waals surface area contributed by atoms with E-state index in [1.54, 1.807) is 37.1 Å². The fourth-order valence-electron chi connectivity index (χ4n) is 3.00. The Morgan fingerprint density at radius 1 is 1.00 bits per heavy atom. The predicted octanol–water partition coefficient (Wildman–Crippen LogP) is 2.87. The fourth-order valence-corrected chi connectivity index (χ4v) is 3.00. The van der Waals surface area contributed by atoms with Crippen LogP contribution in [0.25, 0.3) is 22.6 Å². The Kier molecular flexibility index (Phi) is 5.07. The Bertz CT molecular complexity index is 1150. The van der Waals surface area contributed by atoms with Crippen molar-refractivity contribution >= 4 is 5.91 Å². The zero-order valence-corrected chi connectivity index (χ0v) is 16.0. The molecule has 144 valence electrons. The molecule has 0 radical (unpaired) electrons. The second kappa shape index (κ2) is 7.97. The second-order valence-electron chi connectivity index (χ2n) is 6.64. The van der Waals surface area contributed by atoms with E-state index in [4.69, 9.17) is 0 Å². The number of nitrogens with one attached hydrogen (secondary N) is 2. The van der Waals surface area contributed by atoms with Crippen LogP contribution in [0.5, 0.6) is 0 Å². The number of hydrogen-bond acceptors (Lipinski definition) is 6. The van der Waals surface area contributed by atoms with Gasteiger partial charge in [0.2, 0.25) is 0 Å². The van der Waals surface area contributed by atoms with Crippen LogP contribution < -0.4 is 5.32 Å². The first-order chi connectivity index (χ1) is 14.1. The number of nitrogens with zero attached hydrogens (tertiary/aromatic N) is 5. The van der Waals surface area contributed by atoms with Gasteiger partial charge in [-0.3, -0.25) is 29.8 Å². The molecule has 8 nitrogen and oxygen atoms in total. The largest absolute Gasteiger partial charge is 0.347 e. The van der Waals surface area contributed by atoms with Crippen LogP contribution in [0.3, 0.4) is 0 Å². The smallest absolute Gasteiger partial charge is 0.269 e. The Labute approximate surface area is 167 Å². The maximum atomic E-state index is 12.4. The van der Waals surface area contributed by atoms with E-state index >= 15 is 0 Å². The number of pyridine rings is 2. The summed E-state index contributed by atoms with van der Waals surface area (Å²) in [7, 11) is 0. The Morgan fingerprint density at radius 3 is 2.66 bits per heavy atom. The van der Waals surface area contributed by atoms with Crippen LogP contribution in [-0.2, 0) is 6.54 Å². The molecule has 0 fully saturated rings. The maximum absolute atomic E-state index is 12.4. The lowest BCUT2D eigenvalue weighted by molar-refractivity contribution is 0.0946. The van der Waals surface area contributed by atoms with Gasteiger partial charge in [0.25, 0.3) is 5.91 Å². The summed E-state index contributed by atoms with van der Waals surface area (Å²) in [6, 6.07) is 7.62. The number of carbonyl (C=O) groups is 1. The summed E-state index contributed by atoms with van der Waals surface area (Å²) in [6.07, 6.45) is 8.31. The van der Waals surface area contributed by atoms with E-state index in [1.807, 2.05) is 32.0 Å². The molecule has 1 amide bonds. The van der Waals surface area contributed by atoms with Gasteiger partial charge in [-0.2, -0.15) is 5.10 Å². The first-order valence-corrected chi connectivity index (χ1v) is 9.09. The van der Waals surface area contributed by atoms with Gasteiger partial charge in [0.15, 0.2) is 0 Å². The molecule has 8 heteroatoms. The first-order valence-electron chi connectivity index (χ1n) is 9.09. The number of hydrogen-bond donors (Lipinski definition) is 2. The topological polar surface area (TPSA) is 109 Å². The van der Waals surface area contributed by atoms with Gasteiger partial charge in [-0.15, -0.1) is 0 Å². The molecule has 0 saturated heterocycles. The third-order valence-corrected chi connectivity index (χ3v) is 4.41. The molecule has 0 aliphatic heterocycles. The van der Waals surface area contributed by atoms with E-state index < -0.39 is 0 Å². The van der Waals surface area contributed by atoms with E-state index in [0.717, 1.165) is 28.1 Å². The summed E-state index contributed by atoms with van der Waals surface area (Å²) in [6.45, 7) is 4.32. The average Bonchev–Trinajstić information content (AvgIpc) is 3.23. The third-order valence-electron chi connectivity index (χ3n) is 4.41. The standard InChI is InChI=1S/C21H19N7O/c1-13-7-15(10-25-20(13)16-3-4-23-14(2)8-16)11-26-21(29)18-9-17(27-28-18)19-12-22-5-6-24-19/h3-10,12H,11H2,1-2H3,(H,26,29)(H,27,28). The Hall–Kier alpha value is -3.94. The van der Waals surface area contributed by atoms with Gasteiger partial charge in [0, 0.05) is 42.6 Å². The summed E-state index contributed by atoms with van der Waals surface area (Å²) in [5.74, 6) is -0.251. The second-order valence-corrected chi connectivity index (χ2v) is 6.64. The first kappa shape index (κ1) is 18.4. The van der Waals surface area contributed by atoms with Crippen LogP contribution in [0.4, 0.5) is 0 Å². The number of aromatic amines is 1. The van der Waals surface area contributed by atoms with Gasteiger partial charge in [-0.05, 0) is 43.2 Å². The van der Waals surface area contributed by atoms with Crippen molar-refractivity contribution in [2.75, 3.05) is 0 Å². The van der Waals surface area contributed by atoms with Crippen LogP contribution in [-0.4, -0.2) is 36.0 Å². The lowest BCUT2D eigenvalue weighted by Gasteiger charge is -2.09. The molecule has 0 saturated carbocycles. The highest BCUT2D eigenvalue weighted by Crippen LogP contribution is 2.21. The van der Waals surface area contributed by atoms with E-state index in [2.05, 4.69) is 35.5 Å². The minimum absolute atomic E-state index is 0.251. The van der Waals surface area contributed by atoms with Crippen LogP contribution >= 0.6 is 0 Å². The van der Waals surface area contributed by atoms with Gasteiger partial charge in [-0.1, -0.05) is 6.07 Å². The van der Waals surface area contributed by atoms with E-state index in [-0.39, 0.29) is 5.91 Å². The molecule has 0 spiro atoms. The molecule has 0 aliphatic carbocycles. The van der Waals surface area contributed by atoms with Crippen LogP contribution in [0.2, 0.25) is 0 Å². The van der Waals surface area contributed by atoms with Crippen molar-refractivity contribution < 1.29 is 4.79 Å². The molecule has 29 heavy (non-hydrogen) atoms. The molecule has 4 aromatic rings. The van der Waals surface area contributed by atoms with E-state index in [0.29, 0.717) is 23.6 Å². The van der Waals surface area contributed by atoms with E-state index in [1.165, 1.54) is 0 Å². The number of amides is 1. The minimum atomic E-state index is -0.251. The van der Waals surface area contributed by atoms with Crippen molar-refractivity contribution in [3.8, 4) is 22.6 Å². The lowest BCUT2D eigenvalue weighted by atomic mass is 10.1. The molecular formula is C21H19N7O. The van der Waals surface area contributed by atoms with Crippen molar-refractivity contribution in [3.05, 3.63) is 77.8 Å². The maximum Gasteiger partial charge on any atom is 0.269 e. The van der Waals surface area contributed by atoms with Gasteiger partial charge in [-0.25, -0.2) is 0 Å². The van der Waals surface area contributed by atoms with Crippen molar-refractivity contribution in [2.45, 2.75) is 20.4 Å². The number of H-pyrrole nitrogens is 1. The number of aryl methyl sites for hydroxylation is 2. The SMILES string of the molecule is Cc1cc(-c2ncc(CNC(=O)c3cc(-c4cnccn4)n[nH]3)cc2C)ccn1. The molecule has 4 aromatic heterocycles. The zero-order valence-electron chi connectivity index (χ0n) is 16.0. The highest BCUT2D eigenvalue weighted by atomic mass is 16.1. The highest BCUT2D eigenvalue weighted by molar-refractivity contribution is 5.93. The minimum Gasteiger partial charge on any atom is -0.347 e. The molecule has 0 unspecified atom stereocenters. The van der Waals surface area contributed by atoms with Crippen LogP contribution in [0.15, 0.2) is 55.2 Å². The van der Waals surface area contributed by atoms with Crippen molar-refractivity contribution in [1.29, 1.82) is 0 Å². The number of rotatable bonds is 5. The molecule has 0 aromatic carbocycles. The quantitative estimate of drug-likeness (QED) is 0.547. The van der Waals surface area contributed by atoms with Crippen molar-refractivity contribution in [2.24, 2.45) is 0 Å². The lowest BCUT2D eigenvalue weighted by Crippen LogP contribution is -2.23. The molecular weight excluding hydrogens is 366 g/mol. The summed E-state index contributed by atoms with van der Waals surface area (Å²) in [5.41, 5.74) is 6.36. The van der Waals surface area contributed by atoms with Crippen LogP contribution in [0, 0.1) is 13.8 Å². The summed E-state index contributed by atoms with van der Waals surface area (Å²) in [5, 5.41) is 9.74. The van der Waals surface area contributed by atoms with Crippen molar-refractivity contribution in [1.82, 2.24) is 35.5 Å². The fraction of sp³-hybridized carbons (Fsp3) is 0.143. The Balaban J connectivity index is 1.43. The number of carbonyl (C=O) groups excluding carboxylic acids is 1. The molecule has 4 rings (SSSR count). The molecule has 0 bridgehead atoms. The predicted molar refractivity (Wildman–Crippen MR) is 108 cm³/mol. The molecule has 0 atom stereocenters. The summed E-state index contributed by atoms with van der Waals surface area (Å²) >= 11 is 0. The van der Waals surface area contributed by atoms with E-state index in [9.17, 15) is 4.79 Å². The monoisotopic (exact) mass is 385 g/mol. The molecule has 2 N–H and O–H groups in total. The third kappa shape index (κ3) is 4.16. The Morgan fingerprint density at radius 2 is 1.90 bits per heavy atom. The van der Waals surface area contributed by atoms with Gasteiger partial charge < -0.3 is 5.32 Å². The molecule has 4 heterocycles. The van der Waals surface area contributed by atoms with Crippen LogP contribution in [0.1, 0.15) is 27.3 Å². The highest BCUT2D eigenvalue weighted by Gasteiger charge is 2.12.